The van der Waals surface area contributed by atoms with Crippen molar-refractivity contribution < 1.29 is 185 Å². The Morgan fingerprint density at radius 3 is 1.20 bits per heavy atom. The van der Waals surface area contributed by atoms with Gasteiger partial charge < -0.3 is 87.7 Å². The van der Waals surface area contributed by atoms with E-state index in [2.05, 4.69) is 50.3 Å². The van der Waals surface area contributed by atoms with Crippen LogP contribution in [0.4, 0.5) is 58.3 Å². The maximum absolute atomic E-state index is 16.2. The van der Waals surface area contributed by atoms with E-state index in [0.29, 0.717) is 93.2 Å². The van der Waals surface area contributed by atoms with Gasteiger partial charge in [-0.25, -0.2) is 84.5 Å². The van der Waals surface area contributed by atoms with Crippen LogP contribution in [0.25, 0.3) is 32.7 Å². The van der Waals surface area contributed by atoms with Crippen LogP contribution in [0, 0.1) is 51.8 Å². The number of hydrogen-bond acceptors (Lipinski definition) is 23. The fourth-order valence-electron chi connectivity index (χ4n) is 19.3. The number of nitrogens with zero attached hydrogens (tertiary/aromatic N) is 8. The quantitative estimate of drug-likeness (QED) is 0.0615. The number of fused-ring (bicyclic) bond motifs is 15. The van der Waals surface area contributed by atoms with E-state index < -0.39 is 203 Å². The van der Waals surface area contributed by atoms with Crippen LogP contribution in [0.1, 0.15) is 216 Å². The molecule has 6 amide bonds. The summed E-state index contributed by atoms with van der Waals surface area (Å²) < 4.78 is 198. The van der Waals surface area contributed by atoms with Gasteiger partial charge in [-0.1, -0.05) is 133 Å². The summed E-state index contributed by atoms with van der Waals surface area (Å²) in [5.41, 5.74) is -3.83. The number of hydrogen-bond donors (Lipinski definition) is 3. The van der Waals surface area contributed by atoms with Crippen molar-refractivity contribution in [1.29, 1.82) is 0 Å². The number of rotatable bonds is 11. The van der Waals surface area contributed by atoms with E-state index in [1.807, 2.05) is 32.7 Å². The molecule has 3 radical (unpaired) electrons. The van der Waals surface area contributed by atoms with Crippen molar-refractivity contribution in [1.82, 2.24) is 55.6 Å². The maximum Gasteiger partial charge on any atom is 0.408 e. The van der Waals surface area contributed by atoms with Crippen LogP contribution < -0.4 is 44.4 Å². The zero-order chi connectivity index (χ0) is 99.8. The average molecular weight is 2090 g/mol. The molecule has 0 unspecified atom stereocenters. The molecule has 6 bridgehead atoms. The second-order valence-corrected chi connectivity index (χ2v) is 40.8. The Hall–Kier alpha value is -9.95. The molecular formula is C99H116F10N11O18V3-3. The normalized spacial score (nSPS) is 28.5. The molecule has 10 heterocycles. The van der Waals surface area contributed by atoms with E-state index in [1.165, 1.54) is 81.8 Å². The van der Waals surface area contributed by atoms with Gasteiger partial charge in [-0.2, -0.15) is 17.6 Å². The molecule has 42 heteroatoms. The molecule has 3 saturated heterocycles. The molecule has 3 N–H and O–H groups in total. The van der Waals surface area contributed by atoms with Gasteiger partial charge in [0, 0.05) is 127 Å². The molecule has 9 aliphatic rings. The third-order valence-electron chi connectivity index (χ3n) is 27.6. The zero-order valence-electron chi connectivity index (χ0n) is 80.3. The third-order valence-corrected chi connectivity index (χ3v) is 27.6. The van der Waals surface area contributed by atoms with Crippen LogP contribution in [0.5, 0.6) is 40.8 Å². The van der Waals surface area contributed by atoms with Gasteiger partial charge in [0.15, 0.2) is 0 Å². The number of benzene rings is 3. The molecule has 18 atom stereocenters. The van der Waals surface area contributed by atoms with E-state index >= 15 is 26.3 Å². The van der Waals surface area contributed by atoms with Crippen molar-refractivity contribution in [2.45, 2.75) is 303 Å². The molecule has 16 rings (SSSR count). The Morgan fingerprint density at radius 1 is 0.468 bits per heavy atom. The topological polar surface area (TPSA) is 347 Å². The van der Waals surface area contributed by atoms with Crippen LogP contribution in [0.3, 0.4) is 0 Å². The monoisotopic (exact) mass is 2090 g/mol. The second kappa shape index (κ2) is 45.1. The van der Waals surface area contributed by atoms with Gasteiger partial charge in [-0.05, 0) is 165 Å². The molecule has 763 valence electrons. The van der Waals surface area contributed by atoms with Gasteiger partial charge in [0.2, 0.25) is 41.2 Å². The SMILES string of the molecule is CC[C@@H]1[C@@H]2CN(C(=O)[C@H](C(C)(C)C)NC(=O)O[C@@H]3C[C@H]3CCCCC(F)(F)c3cc4ccc(OC(F)F)cc4nc3O2)[C@@H]1[C-]=O.CC[C@@H]1[C@@H]2CN(C(=O)[C@H](C(C)(C)C)NC(=O)O[C@]3(C)C[C@H]3CCCCC(F)(F)c3cc4ccc(Oc5ccncn5)cc4nc3O2)[C@@H]1[C-]=O.C[C@@H]1[C@@H]2CN(C(=O)[C@H](C(C)(C)C)NC(=O)O[C@@H]3C[C@H]3CCCCC(F)(F)c3cc4ccc(OC(F)F)cc4nc3O2)[C@@H]1[C-]=O.[V].[V].[V]. The van der Waals surface area contributed by atoms with Crippen LogP contribution in [0.15, 0.2) is 91.4 Å². The molecule has 6 aliphatic heterocycles. The number of alkyl carbamates (subject to hydrolysis) is 3. The standard InChI is InChI=1S/C36H42F2N5O6.C32H38F4N3O6.C31H36F4N3O6.3V/c1-6-24-27(19-44)43-18-28(24)48-31-25(15-21-10-11-23(16-26(21)41-31)47-29-12-14-39-20-40-29)36(37,38)13-8-7-9-22-17-35(22,5)49-33(46)42-30(32(43)45)34(2,3)4;1-5-20-23(16-40)39-15-25(20)44-27-21(12-17-9-10-19(43-29(33)34)14-22(17)37-27)32(35,36)11-7-6-8-18-13-24(18)45-30(42)38-26(28(39)41)31(2,3)4;1-16-22(15-39)38-14-24(16)43-26-20(11-17-8-9-19(42-28(32)33)13-21(17)36-26)31(34,35)10-6-5-7-18-12-23(18)44-29(41)37-25(27(38)40)30(2,3)4;;;/h10-12,14-16,20,22,24,27-28,30H,6-9,13,17-18H2,1-5H3,(H,42,46);9-10,12,14,18,20,23-26,29H,5-8,11,13,15H2,1-4H3,(H,38,42);8-9,11,13,16,18,22-25,28H,5-7,10,12,14H2,1-4H3,(H,37,41);;;/q3*-1;;;/t22-,24+,27-,28+,30-,35-;18-,20+,23-,24-,25+,26-;16-,18+,22+,23+,24-,25+;;;/m110.../s1. The summed E-state index contributed by atoms with van der Waals surface area (Å²) in [4.78, 5) is 143. The van der Waals surface area contributed by atoms with E-state index in [1.54, 1.807) is 100 Å². The average Bonchev–Trinajstić information content (AvgIpc) is 1.75. The first-order valence-electron chi connectivity index (χ1n) is 46.9. The molecular weight excluding hydrogens is 1970 g/mol. The van der Waals surface area contributed by atoms with Crippen molar-refractivity contribution in [2.75, 3.05) is 19.6 Å². The van der Waals surface area contributed by atoms with Crippen LogP contribution in [-0.4, -0.2) is 200 Å². The summed E-state index contributed by atoms with van der Waals surface area (Å²) in [5.74, 6) is -14.3. The Labute approximate surface area is 846 Å². The summed E-state index contributed by atoms with van der Waals surface area (Å²) in [5, 5.41) is 9.15. The van der Waals surface area contributed by atoms with Crippen LogP contribution in [-0.2, 0) is 116 Å². The largest absolute Gasteiger partial charge is 0.540 e. The summed E-state index contributed by atoms with van der Waals surface area (Å²) in [6.45, 7) is 16.4. The van der Waals surface area contributed by atoms with Crippen molar-refractivity contribution in [3.8, 4) is 40.8 Å². The van der Waals surface area contributed by atoms with E-state index in [-0.39, 0.29) is 169 Å². The second-order valence-electron chi connectivity index (χ2n) is 40.8. The van der Waals surface area contributed by atoms with E-state index in [9.17, 15) is 60.7 Å². The van der Waals surface area contributed by atoms with Crippen LogP contribution in [0.2, 0.25) is 0 Å². The number of carbonyl (C=O) groups excluding carboxylic acids is 9. The molecule has 7 aromatic rings. The van der Waals surface area contributed by atoms with Crippen molar-refractivity contribution in [2.24, 2.45) is 51.8 Å². The van der Waals surface area contributed by atoms with Gasteiger partial charge >= 0.3 is 31.5 Å². The van der Waals surface area contributed by atoms with Gasteiger partial charge in [0.05, 0.1) is 52.9 Å². The molecule has 4 aromatic heterocycles. The number of halogens is 10. The molecule has 3 saturated carbocycles. The number of ether oxygens (including phenoxy) is 9. The first-order chi connectivity index (χ1) is 65.1. The zero-order valence-corrected chi connectivity index (χ0v) is 84.5. The minimum absolute atomic E-state index is 0. The number of aromatic nitrogens is 5. The summed E-state index contributed by atoms with van der Waals surface area (Å²) in [6, 6.07) is 11.6. The number of pyridine rings is 3. The first-order valence-corrected chi connectivity index (χ1v) is 46.9. The number of carbonyl (C=O) groups is 6. The molecule has 6 fully saturated rings. The predicted octanol–water partition coefficient (Wildman–Crippen LogP) is 18.3. The first kappa shape index (κ1) is 111. The van der Waals surface area contributed by atoms with Crippen LogP contribution >= 0.6 is 0 Å². The molecule has 29 nitrogen and oxygen atoms in total. The molecule has 3 aromatic carbocycles. The summed E-state index contributed by atoms with van der Waals surface area (Å²) in [6.07, 6.45) is 7.86. The fourth-order valence-corrected chi connectivity index (χ4v) is 19.3. The Kier molecular flexibility index (Phi) is 35.7. The summed E-state index contributed by atoms with van der Waals surface area (Å²) in [7, 11) is 0. The Balaban J connectivity index is 0.000000200. The van der Waals surface area contributed by atoms with Gasteiger partial charge in [-0.15, -0.1) is 0 Å². The Morgan fingerprint density at radius 2 is 0.830 bits per heavy atom. The van der Waals surface area contributed by atoms with E-state index in [4.69, 9.17) is 33.2 Å². The van der Waals surface area contributed by atoms with Gasteiger partial charge in [-0.3, -0.25) is 14.4 Å². The van der Waals surface area contributed by atoms with Crippen molar-refractivity contribution in [3.05, 3.63) is 108 Å². The molecule has 141 heavy (non-hydrogen) atoms. The van der Waals surface area contributed by atoms with E-state index in [0.717, 1.165) is 0 Å². The Bertz CT molecular complexity index is 5660. The number of alkyl halides is 10. The summed E-state index contributed by atoms with van der Waals surface area (Å²) >= 11 is 0. The van der Waals surface area contributed by atoms with Crippen molar-refractivity contribution >= 4 is 87.6 Å². The maximum atomic E-state index is 16.2. The number of amides is 6. The minimum atomic E-state index is -3.37. The number of nitrogens with one attached hydrogen (secondary N) is 3. The van der Waals surface area contributed by atoms with Gasteiger partial charge in [0.25, 0.3) is 17.8 Å². The minimum Gasteiger partial charge on any atom is -0.540 e. The van der Waals surface area contributed by atoms with Crippen molar-refractivity contribution in [3.63, 3.8) is 0 Å². The molecule has 0 spiro atoms. The van der Waals surface area contributed by atoms with Gasteiger partial charge in [0.1, 0.15) is 77.8 Å². The third kappa shape index (κ3) is 26.2. The molecule has 3 aliphatic carbocycles. The smallest absolute Gasteiger partial charge is 0.408 e. The predicted molar refractivity (Wildman–Crippen MR) is 480 cm³/mol. The fraction of sp³-hybridized carbons (Fsp3) is 0.596.